The van der Waals surface area contributed by atoms with E-state index in [0.717, 1.165) is 12.8 Å². The van der Waals surface area contributed by atoms with E-state index in [-0.39, 0.29) is 35.2 Å². The van der Waals surface area contributed by atoms with Crippen molar-refractivity contribution in [3.05, 3.63) is 0 Å². The van der Waals surface area contributed by atoms with Crippen molar-refractivity contribution in [1.29, 1.82) is 0 Å². The lowest BCUT2D eigenvalue weighted by molar-refractivity contribution is -0.144. The van der Waals surface area contributed by atoms with Gasteiger partial charge in [-0.3, -0.25) is 9.59 Å². The molecule has 0 aromatic carbocycles. The number of amides is 2. The summed E-state index contributed by atoms with van der Waals surface area (Å²) in [5, 5.41) is 0. The number of hydrogen-bond acceptors (Lipinski definition) is 2. The zero-order valence-corrected chi connectivity index (χ0v) is 11.1. The molecule has 0 spiro atoms. The van der Waals surface area contributed by atoms with Crippen LogP contribution in [0.1, 0.15) is 40.5 Å². The minimum atomic E-state index is -0.365. The second kappa shape index (κ2) is 3.72. The van der Waals surface area contributed by atoms with Crippen molar-refractivity contribution >= 4 is 11.8 Å². The lowest BCUT2D eigenvalue weighted by Gasteiger charge is -2.33. The van der Waals surface area contributed by atoms with E-state index in [0.29, 0.717) is 5.92 Å². The number of carbonyl (C=O) groups excluding carboxylic acids is 2. The largest absolute Gasteiger partial charge is 0.368 e. The number of carbonyl (C=O) groups is 2. The van der Waals surface area contributed by atoms with Crippen molar-refractivity contribution < 1.29 is 9.59 Å². The minimum absolute atomic E-state index is 0.0771. The molecule has 2 amide bonds. The number of likely N-dealkylation sites (tertiary alicyclic amines) is 1. The molecule has 2 fully saturated rings. The average Bonchev–Trinajstić information content (AvgIpc) is 2.86. The van der Waals surface area contributed by atoms with Gasteiger partial charge in [-0.1, -0.05) is 27.7 Å². The number of hydrogen-bond donors (Lipinski definition) is 1. The van der Waals surface area contributed by atoms with Crippen LogP contribution in [0.3, 0.4) is 0 Å². The van der Waals surface area contributed by atoms with Gasteiger partial charge in [0.15, 0.2) is 0 Å². The highest BCUT2D eigenvalue weighted by atomic mass is 16.2. The Morgan fingerprint density at radius 1 is 1.29 bits per heavy atom. The van der Waals surface area contributed by atoms with Crippen LogP contribution in [0.4, 0.5) is 0 Å². The monoisotopic (exact) mass is 238 g/mol. The topological polar surface area (TPSA) is 63.4 Å². The molecule has 96 valence electrons. The second-order valence-electron chi connectivity index (χ2n) is 6.55. The lowest BCUT2D eigenvalue weighted by atomic mass is 9.81. The van der Waals surface area contributed by atoms with Crippen LogP contribution in [0.15, 0.2) is 0 Å². The third-order valence-electron chi connectivity index (χ3n) is 4.36. The molecular weight excluding hydrogens is 216 g/mol. The van der Waals surface area contributed by atoms with Crippen molar-refractivity contribution in [2.75, 3.05) is 0 Å². The van der Waals surface area contributed by atoms with E-state index in [1.165, 1.54) is 0 Å². The number of fused-ring (bicyclic) bond motifs is 1. The molecule has 1 heterocycles. The highest BCUT2D eigenvalue weighted by Crippen LogP contribution is 2.49. The fraction of sp³-hybridized carbons (Fsp3) is 0.846. The van der Waals surface area contributed by atoms with Gasteiger partial charge in [-0.25, -0.2) is 0 Å². The smallest absolute Gasteiger partial charge is 0.240 e. The molecule has 1 saturated heterocycles. The van der Waals surface area contributed by atoms with Crippen LogP contribution in [-0.2, 0) is 9.59 Å². The van der Waals surface area contributed by atoms with Gasteiger partial charge in [0.1, 0.15) is 6.04 Å². The fourth-order valence-corrected chi connectivity index (χ4v) is 2.62. The van der Waals surface area contributed by atoms with Crippen LogP contribution in [-0.4, -0.2) is 28.8 Å². The molecule has 1 aliphatic heterocycles. The number of rotatable bonds is 2. The van der Waals surface area contributed by atoms with Crippen LogP contribution in [0.25, 0.3) is 0 Å². The Morgan fingerprint density at radius 2 is 1.88 bits per heavy atom. The van der Waals surface area contributed by atoms with Crippen LogP contribution in [0.5, 0.6) is 0 Å². The lowest BCUT2D eigenvalue weighted by Crippen LogP contribution is -2.49. The normalized spacial score (nSPS) is 33.2. The summed E-state index contributed by atoms with van der Waals surface area (Å²) >= 11 is 0. The van der Waals surface area contributed by atoms with E-state index in [9.17, 15) is 9.59 Å². The molecule has 0 aromatic rings. The van der Waals surface area contributed by atoms with E-state index in [2.05, 4.69) is 20.8 Å². The standard InChI is InChI=1S/C13H22N2O2/c1-7(13(2,3)4)12(17)15-9-5-8(9)6-10(15)11(14)16/h7-10H,5-6H2,1-4H3,(H2,14,16)/t7-,8+,9+,10+/m1/s1. The third kappa shape index (κ3) is 2.05. The first-order valence-corrected chi connectivity index (χ1v) is 6.35. The predicted octanol–water partition coefficient (Wildman–Crippen LogP) is 1.14. The molecule has 4 atom stereocenters. The molecule has 2 aliphatic rings. The molecule has 0 bridgehead atoms. The number of primary amides is 1. The molecule has 17 heavy (non-hydrogen) atoms. The molecule has 0 unspecified atom stereocenters. The number of nitrogens with two attached hydrogens (primary N) is 1. The van der Waals surface area contributed by atoms with Gasteiger partial charge < -0.3 is 10.6 Å². The Balaban J connectivity index is 2.15. The quantitative estimate of drug-likeness (QED) is 0.784. The summed E-state index contributed by atoms with van der Waals surface area (Å²) in [7, 11) is 0. The minimum Gasteiger partial charge on any atom is -0.368 e. The maximum atomic E-state index is 12.5. The van der Waals surface area contributed by atoms with Gasteiger partial charge in [0.05, 0.1) is 0 Å². The van der Waals surface area contributed by atoms with Gasteiger partial charge >= 0.3 is 0 Å². The number of nitrogens with zero attached hydrogens (tertiary/aromatic N) is 1. The molecular formula is C13H22N2O2. The zero-order chi connectivity index (χ0) is 13.0. The maximum absolute atomic E-state index is 12.5. The number of piperidine rings is 1. The molecule has 2 rings (SSSR count). The zero-order valence-electron chi connectivity index (χ0n) is 11.1. The Hall–Kier alpha value is -1.06. The SMILES string of the molecule is C[C@H](C(=O)N1[C@H](C(N)=O)C[C@@H]2C[C@@H]21)C(C)(C)C. The van der Waals surface area contributed by atoms with Gasteiger partial charge in [0.2, 0.25) is 11.8 Å². The highest BCUT2D eigenvalue weighted by Gasteiger charge is 2.56. The first kappa shape index (κ1) is 12.4. The van der Waals surface area contributed by atoms with Crippen LogP contribution in [0.2, 0.25) is 0 Å². The molecule has 0 radical (unpaired) electrons. The molecule has 4 heteroatoms. The maximum Gasteiger partial charge on any atom is 0.240 e. The Labute approximate surface area is 103 Å². The van der Waals surface area contributed by atoms with Gasteiger partial charge in [0, 0.05) is 12.0 Å². The van der Waals surface area contributed by atoms with Crippen molar-refractivity contribution in [3.63, 3.8) is 0 Å². The molecule has 1 saturated carbocycles. The van der Waals surface area contributed by atoms with E-state index >= 15 is 0 Å². The van der Waals surface area contributed by atoms with Crippen molar-refractivity contribution in [2.24, 2.45) is 23.0 Å². The van der Waals surface area contributed by atoms with Crippen LogP contribution in [0, 0.1) is 17.3 Å². The summed E-state index contributed by atoms with van der Waals surface area (Å²) < 4.78 is 0. The second-order valence-corrected chi connectivity index (χ2v) is 6.55. The molecule has 4 nitrogen and oxygen atoms in total. The van der Waals surface area contributed by atoms with Crippen molar-refractivity contribution in [1.82, 2.24) is 4.90 Å². The van der Waals surface area contributed by atoms with Crippen LogP contribution < -0.4 is 5.73 Å². The molecule has 0 aromatic heterocycles. The fourth-order valence-electron chi connectivity index (χ4n) is 2.62. The highest BCUT2D eigenvalue weighted by molar-refractivity contribution is 5.89. The van der Waals surface area contributed by atoms with Gasteiger partial charge in [-0.05, 0) is 24.2 Å². The summed E-state index contributed by atoms with van der Waals surface area (Å²) in [6, 6.07) is -0.0825. The van der Waals surface area contributed by atoms with Crippen molar-refractivity contribution in [3.8, 4) is 0 Å². The molecule has 1 aliphatic carbocycles. The summed E-state index contributed by atoms with van der Waals surface area (Å²) in [6.45, 7) is 8.09. The van der Waals surface area contributed by atoms with Crippen molar-refractivity contribution in [2.45, 2.75) is 52.6 Å². The van der Waals surface area contributed by atoms with Gasteiger partial charge in [-0.15, -0.1) is 0 Å². The summed E-state index contributed by atoms with van der Waals surface area (Å²) in [5.74, 6) is 0.172. The Bertz CT molecular complexity index is 359. The Morgan fingerprint density at radius 3 is 2.35 bits per heavy atom. The van der Waals surface area contributed by atoms with E-state index in [1.807, 2.05) is 6.92 Å². The van der Waals surface area contributed by atoms with E-state index in [4.69, 9.17) is 5.73 Å². The molecule has 2 N–H and O–H groups in total. The van der Waals surface area contributed by atoms with Gasteiger partial charge in [0.25, 0.3) is 0 Å². The summed E-state index contributed by atoms with van der Waals surface area (Å²) in [6.07, 6.45) is 1.81. The third-order valence-corrected chi connectivity index (χ3v) is 4.36. The Kier molecular flexibility index (Phi) is 2.71. The first-order valence-electron chi connectivity index (χ1n) is 6.35. The van der Waals surface area contributed by atoms with Crippen LogP contribution >= 0.6 is 0 Å². The van der Waals surface area contributed by atoms with E-state index in [1.54, 1.807) is 4.90 Å². The summed E-state index contributed by atoms with van der Waals surface area (Å²) in [4.78, 5) is 25.6. The van der Waals surface area contributed by atoms with Gasteiger partial charge in [-0.2, -0.15) is 0 Å². The summed E-state index contributed by atoms with van der Waals surface area (Å²) in [5.41, 5.74) is 5.31. The van der Waals surface area contributed by atoms with E-state index < -0.39 is 0 Å². The predicted molar refractivity (Wildman–Crippen MR) is 65.0 cm³/mol. The average molecular weight is 238 g/mol. The first-order chi connectivity index (χ1) is 7.73.